The number of anilines is 1. The van der Waals surface area contributed by atoms with Crippen LogP contribution in [0.2, 0.25) is 0 Å². The first-order valence-corrected chi connectivity index (χ1v) is 11.2. The summed E-state index contributed by atoms with van der Waals surface area (Å²) < 4.78 is 1.99. The van der Waals surface area contributed by atoms with E-state index in [2.05, 4.69) is 47.7 Å². The van der Waals surface area contributed by atoms with E-state index >= 15 is 0 Å². The lowest BCUT2D eigenvalue weighted by atomic mass is 10.1. The molecule has 0 aliphatic rings. The standard InChI is InChI=1S/C24H28N4O2S/c1-16(2)26-22(29)14-19-5-7-20(8-6-19)27-23(30)15-31-24-25-9-10-28(24)21-12-17(3)11-18(4)13-21/h5-13,16H,14-15H2,1-4H3,(H,26,29)(H,27,30). The number of thioether (sulfide) groups is 1. The predicted molar refractivity (Wildman–Crippen MR) is 126 cm³/mol. The Morgan fingerprint density at radius 3 is 2.35 bits per heavy atom. The fraction of sp³-hybridized carbons (Fsp3) is 0.292. The summed E-state index contributed by atoms with van der Waals surface area (Å²) in [4.78, 5) is 28.7. The number of hydrogen-bond donors (Lipinski definition) is 2. The molecule has 6 nitrogen and oxygen atoms in total. The van der Waals surface area contributed by atoms with E-state index in [0.717, 1.165) is 16.4 Å². The van der Waals surface area contributed by atoms with Gasteiger partial charge in [-0.3, -0.25) is 14.2 Å². The van der Waals surface area contributed by atoms with Crippen molar-refractivity contribution in [1.29, 1.82) is 0 Å². The quantitative estimate of drug-likeness (QED) is 0.517. The molecule has 0 fully saturated rings. The van der Waals surface area contributed by atoms with Gasteiger partial charge in [0, 0.05) is 29.8 Å². The van der Waals surface area contributed by atoms with Gasteiger partial charge in [-0.1, -0.05) is 30.0 Å². The predicted octanol–water partition coefficient (Wildman–Crippen LogP) is 4.29. The number of aryl methyl sites for hydroxylation is 2. The maximum atomic E-state index is 12.4. The van der Waals surface area contributed by atoms with E-state index in [1.807, 2.05) is 48.9 Å². The van der Waals surface area contributed by atoms with Gasteiger partial charge in [0.25, 0.3) is 0 Å². The van der Waals surface area contributed by atoms with E-state index in [-0.39, 0.29) is 23.6 Å². The Morgan fingerprint density at radius 1 is 1.03 bits per heavy atom. The summed E-state index contributed by atoms with van der Waals surface area (Å²) >= 11 is 1.39. The van der Waals surface area contributed by atoms with E-state index in [0.29, 0.717) is 12.1 Å². The Labute approximate surface area is 187 Å². The highest BCUT2D eigenvalue weighted by Gasteiger charge is 2.11. The van der Waals surface area contributed by atoms with Gasteiger partial charge in [-0.15, -0.1) is 0 Å². The van der Waals surface area contributed by atoms with Crippen LogP contribution in [0.3, 0.4) is 0 Å². The number of carbonyl (C=O) groups is 2. The third-order valence-corrected chi connectivity index (χ3v) is 5.44. The molecular weight excluding hydrogens is 408 g/mol. The maximum absolute atomic E-state index is 12.4. The summed E-state index contributed by atoms with van der Waals surface area (Å²) in [6.07, 6.45) is 3.97. The third-order valence-electron chi connectivity index (χ3n) is 4.48. The Bertz CT molecular complexity index is 1040. The van der Waals surface area contributed by atoms with Gasteiger partial charge in [-0.05, 0) is 68.7 Å². The van der Waals surface area contributed by atoms with Crippen molar-refractivity contribution >= 4 is 29.3 Å². The highest BCUT2D eigenvalue weighted by Crippen LogP contribution is 2.22. The van der Waals surface area contributed by atoms with Crippen LogP contribution in [-0.2, 0) is 16.0 Å². The zero-order valence-electron chi connectivity index (χ0n) is 18.3. The Hall–Kier alpha value is -3.06. The van der Waals surface area contributed by atoms with E-state index in [4.69, 9.17) is 0 Å². The molecule has 3 aromatic rings. The van der Waals surface area contributed by atoms with Crippen molar-refractivity contribution in [2.45, 2.75) is 45.3 Å². The topological polar surface area (TPSA) is 76.0 Å². The molecule has 0 bridgehead atoms. The second-order valence-corrected chi connectivity index (χ2v) is 8.80. The lowest BCUT2D eigenvalue weighted by molar-refractivity contribution is -0.121. The number of rotatable bonds is 8. The molecule has 0 aliphatic carbocycles. The minimum absolute atomic E-state index is 0.0116. The summed E-state index contributed by atoms with van der Waals surface area (Å²) in [7, 11) is 0. The highest BCUT2D eigenvalue weighted by atomic mass is 32.2. The van der Waals surface area contributed by atoms with Crippen LogP contribution < -0.4 is 10.6 Å². The minimum Gasteiger partial charge on any atom is -0.354 e. The van der Waals surface area contributed by atoms with Crippen LogP contribution in [0.15, 0.2) is 60.0 Å². The van der Waals surface area contributed by atoms with E-state index < -0.39 is 0 Å². The van der Waals surface area contributed by atoms with Gasteiger partial charge in [0.15, 0.2) is 5.16 Å². The molecule has 0 saturated heterocycles. The second-order valence-electron chi connectivity index (χ2n) is 7.86. The average Bonchev–Trinajstić information content (AvgIpc) is 3.15. The smallest absolute Gasteiger partial charge is 0.234 e. The SMILES string of the molecule is Cc1cc(C)cc(-n2ccnc2SCC(=O)Nc2ccc(CC(=O)NC(C)C)cc2)c1. The van der Waals surface area contributed by atoms with E-state index in [1.165, 1.54) is 22.9 Å². The molecule has 0 atom stereocenters. The number of amides is 2. The zero-order valence-corrected chi connectivity index (χ0v) is 19.1. The normalized spacial score (nSPS) is 10.9. The van der Waals surface area contributed by atoms with Crippen molar-refractivity contribution in [3.05, 3.63) is 71.5 Å². The van der Waals surface area contributed by atoms with Crippen molar-refractivity contribution in [1.82, 2.24) is 14.9 Å². The van der Waals surface area contributed by atoms with Gasteiger partial charge in [0.1, 0.15) is 0 Å². The van der Waals surface area contributed by atoms with Crippen LogP contribution >= 0.6 is 11.8 Å². The molecular formula is C24H28N4O2S. The molecule has 31 heavy (non-hydrogen) atoms. The molecule has 162 valence electrons. The molecule has 2 amide bonds. The number of benzene rings is 2. The van der Waals surface area contributed by atoms with Crippen LogP contribution in [0.1, 0.15) is 30.5 Å². The van der Waals surface area contributed by atoms with Crippen molar-refractivity contribution < 1.29 is 9.59 Å². The van der Waals surface area contributed by atoms with Crippen LogP contribution in [0.4, 0.5) is 5.69 Å². The number of imidazole rings is 1. The molecule has 0 radical (unpaired) electrons. The molecule has 7 heteroatoms. The molecule has 3 rings (SSSR count). The van der Waals surface area contributed by atoms with Gasteiger partial charge in [0.05, 0.1) is 12.2 Å². The van der Waals surface area contributed by atoms with Crippen LogP contribution in [-0.4, -0.2) is 33.2 Å². The highest BCUT2D eigenvalue weighted by molar-refractivity contribution is 7.99. The molecule has 0 saturated carbocycles. The van der Waals surface area contributed by atoms with Gasteiger partial charge >= 0.3 is 0 Å². The number of carbonyl (C=O) groups excluding carboxylic acids is 2. The first-order chi connectivity index (χ1) is 14.8. The zero-order chi connectivity index (χ0) is 22.4. The molecule has 2 N–H and O–H groups in total. The summed E-state index contributed by atoms with van der Waals surface area (Å²) in [5.74, 6) is 0.133. The van der Waals surface area contributed by atoms with Crippen LogP contribution in [0.5, 0.6) is 0 Å². The molecule has 2 aromatic carbocycles. The van der Waals surface area contributed by atoms with Gasteiger partial charge in [-0.2, -0.15) is 0 Å². The van der Waals surface area contributed by atoms with Crippen molar-refractivity contribution in [3.63, 3.8) is 0 Å². The average molecular weight is 437 g/mol. The van der Waals surface area contributed by atoms with Gasteiger partial charge < -0.3 is 10.6 Å². The lowest BCUT2D eigenvalue weighted by Crippen LogP contribution is -2.31. The van der Waals surface area contributed by atoms with Crippen molar-refractivity contribution in [3.8, 4) is 5.69 Å². The van der Waals surface area contributed by atoms with E-state index in [9.17, 15) is 9.59 Å². The second kappa shape index (κ2) is 10.3. The van der Waals surface area contributed by atoms with Gasteiger partial charge in [0.2, 0.25) is 11.8 Å². The van der Waals surface area contributed by atoms with E-state index in [1.54, 1.807) is 6.20 Å². The lowest BCUT2D eigenvalue weighted by Gasteiger charge is -2.10. The fourth-order valence-corrected chi connectivity index (χ4v) is 4.05. The Balaban J connectivity index is 1.55. The first-order valence-electron chi connectivity index (χ1n) is 10.2. The number of nitrogens with zero attached hydrogens (tertiary/aromatic N) is 2. The number of hydrogen-bond acceptors (Lipinski definition) is 4. The maximum Gasteiger partial charge on any atom is 0.234 e. The van der Waals surface area contributed by atoms with Gasteiger partial charge in [-0.25, -0.2) is 4.98 Å². The number of aromatic nitrogens is 2. The van der Waals surface area contributed by atoms with Crippen LogP contribution in [0.25, 0.3) is 5.69 Å². The monoisotopic (exact) mass is 436 g/mol. The summed E-state index contributed by atoms with van der Waals surface area (Å²) in [6.45, 7) is 8.00. The molecule has 1 aromatic heterocycles. The fourth-order valence-electron chi connectivity index (χ4n) is 3.27. The molecule has 1 heterocycles. The van der Waals surface area contributed by atoms with Crippen molar-refractivity contribution in [2.24, 2.45) is 0 Å². The molecule has 0 aliphatic heterocycles. The van der Waals surface area contributed by atoms with Crippen molar-refractivity contribution in [2.75, 3.05) is 11.1 Å². The Morgan fingerprint density at radius 2 is 1.71 bits per heavy atom. The number of nitrogens with one attached hydrogen (secondary N) is 2. The summed E-state index contributed by atoms with van der Waals surface area (Å²) in [6, 6.07) is 13.8. The minimum atomic E-state index is -0.106. The first kappa shape index (κ1) is 22.6. The molecule has 0 spiro atoms. The largest absolute Gasteiger partial charge is 0.354 e. The van der Waals surface area contributed by atoms with Crippen LogP contribution in [0, 0.1) is 13.8 Å². The third kappa shape index (κ3) is 6.72. The molecule has 0 unspecified atom stereocenters. The Kier molecular flexibility index (Phi) is 7.52. The summed E-state index contributed by atoms with van der Waals surface area (Å²) in [5.41, 5.74) is 5.01. The summed E-state index contributed by atoms with van der Waals surface area (Å²) in [5, 5.41) is 6.54.